The maximum absolute atomic E-state index is 5.43. The van der Waals surface area contributed by atoms with Gasteiger partial charge in [0.05, 0.1) is 11.0 Å². The molecule has 0 saturated carbocycles. The Kier molecular flexibility index (Phi) is 3.21. The highest BCUT2D eigenvalue weighted by Gasteiger charge is 2.23. The lowest BCUT2D eigenvalue weighted by Gasteiger charge is -2.29. The molecule has 0 bridgehead atoms. The predicted molar refractivity (Wildman–Crippen MR) is 79.0 cm³/mol. The predicted octanol–water partition coefficient (Wildman–Crippen LogP) is 5.07. The topological polar surface area (TPSA) is 20.7 Å². The summed E-state index contributed by atoms with van der Waals surface area (Å²) in [5.74, 6) is 0. The Morgan fingerprint density at radius 2 is 2.00 bits per heavy atom. The first kappa shape index (κ1) is 12.8. The first-order chi connectivity index (χ1) is 7.80. The molecule has 1 aromatic carbocycles. The Hall–Kier alpha value is -0.610. The lowest BCUT2D eigenvalue weighted by atomic mass is 9.88. The summed E-state index contributed by atoms with van der Waals surface area (Å²) in [5.41, 5.74) is 2.43. The summed E-state index contributed by atoms with van der Waals surface area (Å²) < 4.78 is 4.06. The second kappa shape index (κ2) is 4.25. The van der Waals surface area contributed by atoms with E-state index in [9.17, 15) is 0 Å². The van der Waals surface area contributed by atoms with Crippen LogP contribution in [0, 0.1) is 10.2 Å². The number of H-pyrrole nitrogens is 1. The molecule has 0 aliphatic rings. The van der Waals surface area contributed by atoms with E-state index in [-0.39, 0.29) is 5.41 Å². The number of nitrogens with one attached hydrogen (secondary N) is 1. The van der Waals surface area contributed by atoms with E-state index in [2.05, 4.69) is 71.4 Å². The van der Waals surface area contributed by atoms with Crippen molar-refractivity contribution in [3.05, 3.63) is 27.4 Å². The average Bonchev–Trinajstić information content (AvgIpc) is 2.50. The number of aromatic amines is 1. The van der Waals surface area contributed by atoms with Crippen LogP contribution in [0.2, 0.25) is 0 Å². The molecule has 0 saturated heterocycles. The van der Waals surface area contributed by atoms with Crippen molar-refractivity contribution in [3.63, 3.8) is 0 Å². The van der Waals surface area contributed by atoms with Gasteiger partial charge in [0, 0.05) is 10.5 Å². The number of aromatic nitrogens is 2. The van der Waals surface area contributed by atoms with Crippen molar-refractivity contribution in [1.29, 1.82) is 0 Å². The van der Waals surface area contributed by atoms with Gasteiger partial charge in [0.1, 0.15) is 0 Å². The summed E-state index contributed by atoms with van der Waals surface area (Å²) in [5, 5.41) is 0. The fourth-order valence-electron chi connectivity index (χ4n) is 1.88. The molecule has 0 spiro atoms. The van der Waals surface area contributed by atoms with E-state index >= 15 is 0 Å². The first-order valence-electron chi connectivity index (χ1n) is 5.70. The minimum absolute atomic E-state index is 0.181. The van der Waals surface area contributed by atoms with Crippen LogP contribution in [0.1, 0.15) is 33.7 Å². The van der Waals surface area contributed by atoms with Gasteiger partial charge >= 0.3 is 0 Å². The molecule has 1 aromatic heterocycles. The van der Waals surface area contributed by atoms with E-state index < -0.39 is 0 Å². The lowest BCUT2D eigenvalue weighted by molar-refractivity contribution is 0.265. The number of rotatable bonds is 1. The van der Waals surface area contributed by atoms with Gasteiger partial charge in [0.15, 0.2) is 4.77 Å². The Morgan fingerprint density at radius 1 is 1.35 bits per heavy atom. The number of halogens is 1. The highest BCUT2D eigenvalue weighted by atomic mass is 79.9. The summed E-state index contributed by atoms with van der Waals surface area (Å²) in [7, 11) is 0. The Bertz CT molecular complexity index is 604. The van der Waals surface area contributed by atoms with Crippen molar-refractivity contribution in [2.24, 2.45) is 5.41 Å². The van der Waals surface area contributed by atoms with Crippen LogP contribution in [-0.2, 0) is 0 Å². The van der Waals surface area contributed by atoms with Gasteiger partial charge in [-0.1, -0.05) is 36.7 Å². The number of hydrogen-bond donors (Lipinski definition) is 1. The van der Waals surface area contributed by atoms with Crippen LogP contribution in [0.4, 0.5) is 0 Å². The zero-order chi connectivity index (χ0) is 12.8. The van der Waals surface area contributed by atoms with Gasteiger partial charge in [-0.2, -0.15) is 0 Å². The highest BCUT2D eigenvalue weighted by Crippen LogP contribution is 2.33. The van der Waals surface area contributed by atoms with Crippen LogP contribution >= 0.6 is 28.1 Å². The Morgan fingerprint density at radius 3 is 2.59 bits per heavy atom. The van der Waals surface area contributed by atoms with Gasteiger partial charge < -0.3 is 9.55 Å². The van der Waals surface area contributed by atoms with E-state index in [0.29, 0.717) is 6.04 Å². The zero-order valence-electron chi connectivity index (χ0n) is 10.5. The molecule has 2 rings (SSSR count). The van der Waals surface area contributed by atoms with Crippen molar-refractivity contribution in [2.45, 2.75) is 33.7 Å². The van der Waals surface area contributed by atoms with E-state index in [1.807, 2.05) is 0 Å². The Labute approximate surface area is 115 Å². The molecule has 17 heavy (non-hydrogen) atoms. The fraction of sp³-hybridized carbons (Fsp3) is 0.462. The van der Waals surface area contributed by atoms with Crippen molar-refractivity contribution < 1.29 is 0 Å². The fourth-order valence-corrected chi connectivity index (χ4v) is 2.60. The van der Waals surface area contributed by atoms with Crippen LogP contribution < -0.4 is 0 Å². The van der Waals surface area contributed by atoms with Crippen molar-refractivity contribution in [2.75, 3.05) is 0 Å². The average molecular weight is 313 g/mol. The molecule has 4 heteroatoms. The molecule has 0 aliphatic heterocycles. The van der Waals surface area contributed by atoms with Gasteiger partial charge in [0.2, 0.25) is 0 Å². The lowest BCUT2D eigenvalue weighted by Crippen LogP contribution is -2.21. The summed E-state index contributed by atoms with van der Waals surface area (Å²) in [6, 6.07) is 6.58. The summed E-state index contributed by atoms with van der Waals surface area (Å²) in [4.78, 5) is 3.27. The second-order valence-corrected chi connectivity index (χ2v) is 6.81. The first-order valence-corrected chi connectivity index (χ1v) is 6.90. The smallest absolute Gasteiger partial charge is 0.178 e. The molecule has 1 heterocycles. The molecule has 0 aliphatic carbocycles. The number of fused-ring (bicyclic) bond motifs is 1. The number of nitrogens with zero attached hydrogens (tertiary/aromatic N) is 1. The van der Waals surface area contributed by atoms with Crippen LogP contribution in [0.15, 0.2) is 22.7 Å². The SMILES string of the molecule is CC(n1c(=S)[nH]c2cc(Br)ccc21)C(C)(C)C. The largest absolute Gasteiger partial charge is 0.331 e. The second-order valence-electron chi connectivity index (χ2n) is 5.50. The number of hydrogen-bond acceptors (Lipinski definition) is 1. The summed E-state index contributed by atoms with van der Waals surface area (Å²) in [6.45, 7) is 8.91. The van der Waals surface area contributed by atoms with Gasteiger partial charge in [-0.25, -0.2) is 0 Å². The minimum atomic E-state index is 0.181. The minimum Gasteiger partial charge on any atom is -0.331 e. The summed E-state index contributed by atoms with van der Waals surface area (Å²) in [6.07, 6.45) is 0. The standard InChI is InChI=1S/C13H17BrN2S/c1-8(13(2,3)4)16-11-6-5-9(14)7-10(11)15-12(16)17/h5-8H,1-4H3,(H,15,17). The quantitative estimate of drug-likeness (QED) is 0.729. The van der Waals surface area contributed by atoms with Crippen LogP contribution in [0.3, 0.4) is 0 Å². The Balaban J connectivity index is 2.70. The highest BCUT2D eigenvalue weighted by molar-refractivity contribution is 9.10. The number of imidazole rings is 1. The molecule has 0 fully saturated rings. The molecule has 0 radical (unpaired) electrons. The van der Waals surface area contributed by atoms with Gasteiger partial charge in [-0.05, 0) is 42.8 Å². The molecule has 2 aromatic rings. The molecule has 92 valence electrons. The maximum atomic E-state index is 5.43. The van der Waals surface area contributed by atoms with Crippen molar-refractivity contribution in [3.8, 4) is 0 Å². The van der Waals surface area contributed by atoms with Gasteiger partial charge in [-0.3, -0.25) is 0 Å². The van der Waals surface area contributed by atoms with E-state index in [4.69, 9.17) is 12.2 Å². The van der Waals surface area contributed by atoms with Crippen LogP contribution in [-0.4, -0.2) is 9.55 Å². The van der Waals surface area contributed by atoms with Crippen molar-refractivity contribution >= 4 is 39.2 Å². The third-order valence-corrected chi connectivity index (χ3v) is 4.11. The van der Waals surface area contributed by atoms with Gasteiger partial charge in [0.25, 0.3) is 0 Å². The molecule has 1 atom stereocenters. The van der Waals surface area contributed by atoms with Crippen LogP contribution in [0.25, 0.3) is 11.0 Å². The normalized spacial score (nSPS) is 14.2. The van der Waals surface area contributed by atoms with E-state index in [1.165, 1.54) is 5.52 Å². The van der Waals surface area contributed by atoms with Crippen molar-refractivity contribution in [1.82, 2.24) is 9.55 Å². The van der Waals surface area contributed by atoms with Gasteiger partial charge in [-0.15, -0.1) is 0 Å². The monoisotopic (exact) mass is 312 g/mol. The van der Waals surface area contributed by atoms with E-state index in [0.717, 1.165) is 14.8 Å². The molecule has 1 N–H and O–H groups in total. The summed E-state index contributed by atoms with van der Waals surface area (Å²) >= 11 is 8.91. The zero-order valence-corrected chi connectivity index (χ0v) is 12.9. The molecule has 0 amide bonds. The number of benzene rings is 1. The van der Waals surface area contributed by atoms with Crippen LogP contribution in [0.5, 0.6) is 0 Å². The molecular formula is C13H17BrN2S. The molecule has 1 unspecified atom stereocenters. The molecular weight excluding hydrogens is 296 g/mol. The maximum Gasteiger partial charge on any atom is 0.178 e. The van der Waals surface area contributed by atoms with E-state index in [1.54, 1.807) is 0 Å². The third-order valence-electron chi connectivity index (χ3n) is 3.32. The molecule has 2 nitrogen and oxygen atoms in total. The third kappa shape index (κ3) is 2.33.